The van der Waals surface area contributed by atoms with E-state index in [2.05, 4.69) is 0 Å². The molecule has 3 unspecified atom stereocenters. The first-order valence-electron chi connectivity index (χ1n) is 8.05. The Balaban J connectivity index is 4.31. The second-order valence-electron chi connectivity index (χ2n) is 7.22. The molecule has 0 fully saturated rings. The SMILES string of the molecule is CC(COC(CC(=O)O)C[N+](C)(C)C)CC(C)C(=O)OCCN. The van der Waals surface area contributed by atoms with Crippen LogP contribution in [0.1, 0.15) is 26.7 Å². The van der Waals surface area contributed by atoms with Crippen molar-refractivity contribution < 1.29 is 28.7 Å². The standard InChI is InChI=1S/C16H32N2O5/c1-12(8-13(2)16(21)22-7-6-17)11-23-14(9-15(19)20)10-18(3,4)5/h12-14H,6-11,17H2,1-5H3/p+1. The Labute approximate surface area is 139 Å². The quantitative estimate of drug-likeness (QED) is 0.403. The van der Waals surface area contributed by atoms with E-state index in [9.17, 15) is 9.59 Å². The zero-order valence-electron chi connectivity index (χ0n) is 15.1. The van der Waals surface area contributed by atoms with Gasteiger partial charge in [-0.05, 0) is 12.3 Å². The lowest BCUT2D eigenvalue weighted by Crippen LogP contribution is -2.43. The number of rotatable bonds is 12. The molecule has 7 nitrogen and oxygen atoms in total. The lowest BCUT2D eigenvalue weighted by molar-refractivity contribution is -0.873. The van der Waals surface area contributed by atoms with Gasteiger partial charge in [0.15, 0.2) is 0 Å². The summed E-state index contributed by atoms with van der Waals surface area (Å²) in [5.41, 5.74) is 5.30. The van der Waals surface area contributed by atoms with Crippen LogP contribution in [0.25, 0.3) is 0 Å². The van der Waals surface area contributed by atoms with Crippen LogP contribution in [0.5, 0.6) is 0 Å². The number of hydrogen-bond acceptors (Lipinski definition) is 5. The maximum absolute atomic E-state index is 11.7. The zero-order chi connectivity index (χ0) is 18.0. The Bertz CT molecular complexity index is 368. The topological polar surface area (TPSA) is 98.8 Å². The van der Waals surface area contributed by atoms with Crippen LogP contribution in [0.4, 0.5) is 0 Å². The second-order valence-corrected chi connectivity index (χ2v) is 7.22. The summed E-state index contributed by atoms with van der Waals surface area (Å²) in [6, 6.07) is 0. The van der Waals surface area contributed by atoms with Crippen molar-refractivity contribution in [3.8, 4) is 0 Å². The van der Waals surface area contributed by atoms with Crippen LogP contribution in [0, 0.1) is 11.8 Å². The third-order valence-electron chi connectivity index (χ3n) is 3.29. The summed E-state index contributed by atoms with van der Waals surface area (Å²) in [4.78, 5) is 22.7. The highest BCUT2D eigenvalue weighted by Gasteiger charge is 2.24. The number of nitrogens with zero attached hydrogens (tertiary/aromatic N) is 1. The molecule has 0 aromatic rings. The number of likely N-dealkylation sites (N-methyl/N-ethyl adjacent to an activating group) is 1. The van der Waals surface area contributed by atoms with Gasteiger partial charge in [0.2, 0.25) is 0 Å². The van der Waals surface area contributed by atoms with Gasteiger partial charge in [-0.2, -0.15) is 0 Å². The minimum atomic E-state index is -0.866. The first-order valence-corrected chi connectivity index (χ1v) is 8.05. The highest BCUT2D eigenvalue weighted by molar-refractivity contribution is 5.71. The Hall–Kier alpha value is -1.18. The number of quaternary nitrogens is 1. The highest BCUT2D eigenvalue weighted by Crippen LogP contribution is 2.15. The summed E-state index contributed by atoms with van der Waals surface area (Å²) in [6.45, 7) is 5.39. The number of esters is 1. The molecule has 0 aliphatic carbocycles. The molecule has 0 aliphatic rings. The van der Waals surface area contributed by atoms with Crippen LogP contribution >= 0.6 is 0 Å². The Kier molecular flexibility index (Phi) is 10.0. The average Bonchev–Trinajstić information content (AvgIpc) is 2.39. The predicted octanol–water partition coefficient (Wildman–Crippen LogP) is 0.717. The maximum atomic E-state index is 11.7. The van der Waals surface area contributed by atoms with E-state index in [0.717, 1.165) is 0 Å². The van der Waals surface area contributed by atoms with E-state index >= 15 is 0 Å². The molecule has 0 radical (unpaired) electrons. The Morgan fingerprint density at radius 1 is 1.22 bits per heavy atom. The fraction of sp³-hybridized carbons (Fsp3) is 0.875. The summed E-state index contributed by atoms with van der Waals surface area (Å²) < 4.78 is 11.4. The average molecular weight is 333 g/mol. The van der Waals surface area contributed by atoms with Gasteiger partial charge in [0, 0.05) is 13.2 Å². The highest BCUT2D eigenvalue weighted by atomic mass is 16.5. The summed E-state index contributed by atoms with van der Waals surface area (Å²) in [5, 5.41) is 8.99. The predicted molar refractivity (Wildman–Crippen MR) is 87.9 cm³/mol. The summed E-state index contributed by atoms with van der Waals surface area (Å²) in [5.74, 6) is -1.21. The van der Waals surface area contributed by atoms with Crippen molar-refractivity contribution in [3.63, 3.8) is 0 Å². The Morgan fingerprint density at radius 3 is 2.30 bits per heavy atom. The number of aliphatic carboxylic acids is 1. The normalized spacial score (nSPS) is 15.7. The van der Waals surface area contributed by atoms with Crippen LogP contribution in [-0.4, -0.2) is 75.1 Å². The molecule has 7 heteroatoms. The third-order valence-corrected chi connectivity index (χ3v) is 3.29. The van der Waals surface area contributed by atoms with Gasteiger partial charge in [-0.1, -0.05) is 13.8 Å². The first-order chi connectivity index (χ1) is 10.5. The van der Waals surface area contributed by atoms with Crippen LogP contribution in [0.2, 0.25) is 0 Å². The molecular weight excluding hydrogens is 300 g/mol. The van der Waals surface area contributed by atoms with Gasteiger partial charge in [-0.3, -0.25) is 9.59 Å². The molecule has 0 bridgehead atoms. The van der Waals surface area contributed by atoms with E-state index in [1.807, 2.05) is 35.0 Å². The van der Waals surface area contributed by atoms with Crippen molar-refractivity contribution in [3.05, 3.63) is 0 Å². The summed E-state index contributed by atoms with van der Waals surface area (Å²) >= 11 is 0. The van der Waals surface area contributed by atoms with Gasteiger partial charge < -0.3 is 24.8 Å². The van der Waals surface area contributed by atoms with Gasteiger partial charge in [-0.25, -0.2) is 0 Å². The minimum Gasteiger partial charge on any atom is -0.481 e. The fourth-order valence-corrected chi connectivity index (χ4v) is 2.35. The molecule has 0 saturated heterocycles. The molecule has 3 atom stereocenters. The fourth-order valence-electron chi connectivity index (χ4n) is 2.35. The van der Waals surface area contributed by atoms with Crippen molar-refractivity contribution in [2.75, 3.05) is 47.4 Å². The van der Waals surface area contributed by atoms with E-state index in [0.29, 0.717) is 30.6 Å². The molecule has 0 saturated carbocycles. The van der Waals surface area contributed by atoms with E-state index in [1.54, 1.807) is 0 Å². The van der Waals surface area contributed by atoms with Crippen molar-refractivity contribution in [1.82, 2.24) is 0 Å². The molecule has 23 heavy (non-hydrogen) atoms. The molecule has 0 heterocycles. The monoisotopic (exact) mass is 333 g/mol. The molecule has 136 valence electrons. The minimum absolute atomic E-state index is 0.0175. The van der Waals surface area contributed by atoms with E-state index < -0.39 is 5.97 Å². The second kappa shape index (κ2) is 10.6. The van der Waals surface area contributed by atoms with Gasteiger partial charge >= 0.3 is 11.9 Å². The van der Waals surface area contributed by atoms with E-state index in [-0.39, 0.29) is 36.9 Å². The number of carbonyl (C=O) groups excluding carboxylic acids is 1. The summed E-state index contributed by atoms with van der Waals surface area (Å²) in [6.07, 6.45) is 0.277. The van der Waals surface area contributed by atoms with E-state index in [1.165, 1.54) is 0 Å². The maximum Gasteiger partial charge on any atom is 0.308 e. The van der Waals surface area contributed by atoms with Gasteiger partial charge in [0.05, 0.1) is 33.5 Å². The van der Waals surface area contributed by atoms with Gasteiger partial charge in [0.1, 0.15) is 19.3 Å². The smallest absolute Gasteiger partial charge is 0.308 e. The third kappa shape index (κ3) is 12.0. The lowest BCUT2D eigenvalue weighted by Gasteiger charge is -2.29. The van der Waals surface area contributed by atoms with Crippen molar-refractivity contribution in [2.24, 2.45) is 17.6 Å². The molecule has 0 spiro atoms. The molecule has 0 aromatic carbocycles. The van der Waals surface area contributed by atoms with Gasteiger partial charge in [-0.15, -0.1) is 0 Å². The first kappa shape index (κ1) is 21.8. The van der Waals surface area contributed by atoms with Gasteiger partial charge in [0.25, 0.3) is 0 Å². The van der Waals surface area contributed by atoms with Crippen molar-refractivity contribution >= 4 is 11.9 Å². The summed E-state index contributed by atoms with van der Waals surface area (Å²) in [7, 11) is 5.99. The molecule has 0 aliphatic heterocycles. The number of carbonyl (C=O) groups is 2. The van der Waals surface area contributed by atoms with Crippen molar-refractivity contribution in [2.45, 2.75) is 32.8 Å². The molecule has 0 aromatic heterocycles. The van der Waals surface area contributed by atoms with Crippen LogP contribution in [0.3, 0.4) is 0 Å². The number of carboxylic acids is 1. The largest absolute Gasteiger partial charge is 0.481 e. The van der Waals surface area contributed by atoms with Crippen LogP contribution in [0.15, 0.2) is 0 Å². The number of carboxylic acid groups (broad SMARTS) is 1. The zero-order valence-corrected chi connectivity index (χ0v) is 15.1. The Morgan fingerprint density at radius 2 is 1.83 bits per heavy atom. The van der Waals surface area contributed by atoms with E-state index in [4.69, 9.17) is 20.3 Å². The molecule has 0 amide bonds. The van der Waals surface area contributed by atoms with Crippen LogP contribution < -0.4 is 5.73 Å². The number of ether oxygens (including phenoxy) is 2. The number of hydrogen-bond donors (Lipinski definition) is 2. The number of nitrogens with two attached hydrogens (primary N) is 1. The van der Waals surface area contributed by atoms with Crippen molar-refractivity contribution in [1.29, 1.82) is 0 Å². The molecule has 3 N–H and O–H groups in total. The van der Waals surface area contributed by atoms with Crippen LogP contribution in [-0.2, 0) is 19.1 Å². The molecule has 0 rings (SSSR count). The molecular formula is C16H33N2O5+. The lowest BCUT2D eigenvalue weighted by atomic mass is 9.98.